The molecule has 0 aliphatic carbocycles. The van der Waals surface area contributed by atoms with Crippen LogP contribution in [0.5, 0.6) is 0 Å². The molecule has 0 aromatic carbocycles. The van der Waals surface area contributed by atoms with E-state index in [0.29, 0.717) is 0 Å². The molecule has 1 aliphatic heterocycles. The summed E-state index contributed by atoms with van der Waals surface area (Å²) in [4.78, 5) is 0. The van der Waals surface area contributed by atoms with Gasteiger partial charge in [-0.3, -0.25) is 0 Å². The number of aliphatic hydroxyl groups excluding tert-OH is 5. The molecule has 1 heterocycles. The van der Waals surface area contributed by atoms with Crippen molar-refractivity contribution in [2.45, 2.75) is 37.6 Å². The molecule has 1 saturated heterocycles. The highest BCUT2D eigenvalue weighted by Crippen LogP contribution is 2.23. The maximum Gasteiger partial charge on any atom is 0.184 e. The van der Waals surface area contributed by atoms with Crippen molar-refractivity contribution in [3.8, 4) is 0 Å². The molecule has 5 N–H and O–H groups in total. The van der Waals surface area contributed by atoms with E-state index in [1.807, 2.05) is 0 Å². The zero-order valence-corrected chi connectivity index (χ0v) is 7.61. The molecule has 0 aromatic rings. The number of ether oxygens (including phenoxy) is 1. The van der Waals surface area contributed by atoms with E-state index in [2.05, 4.69) is 0 Å². The van der Waals surface area contributed by atoms with Crippen LogP contribution in [0.2, 0.25) is 0 Å². The molecule has 0 unspecified atom stereocenters. The van der Waals surface area contributed by atoms with E-state index in [-0.39, 0.29) is 5.76 Å². The Morgan fingerprint density at radius 3 is 2.14 bits per heavy atom. The number of hydrogen-bond donors (Lipinski definition) is 5. The van der Waals surface area contributed by atoms with Crippen molar-refractivity contribution < 1.29 is 30.3 Å². The molecule has 6 nitrogen and oxygen atoms in total. The molecule has 1 aliphatic rings. The van der Waals surface area contributed by atoms with Crippen molar-refractivity contribution in [2.75, 3.05) is 0 Å². The van der Waals surface area contributed by atoms with E-state index < -0.39 is 30.7 Å². The van der Waals surface area contributed by atoms with Crippen LogP contribution >= 0.6 is 0 Å². The largest absolute Gasteiger partial charge is 0.510 e. The minimum absolute atomic E-state index is 0.303. The van der Waals surface area contributed by atoms with Gasteiger partial charge in [-0.05, 0) is 13.0 Å². The van der Waals surface area contributed by atoms with Gasteiger partial charge in [0.15, 0.2) is 6.29 Å². The normalized spacial score (nSPS) is 45.2. The van der Waals surface area contributed by atoms with Crippen LogP contribution in [0.3, 0.4) is 0 Å². The van der Waals surface area contributed by atoms with Gasteiger partial charge in [-0.25, -0.2) is 0 Å². The Hall–Kier alpha value is -0.660. The van der Waals surface area contributed by atoms with Crippen molar-refractivity contribution in [2.24, 2.45) is 0 Å². The van der Waals surface area contributed by atoms with E-state index in [1.165, 1.54) is 13.0 Å². The molecule has 0 spiro atoms. The van der Waals surface area contributed by atoms with Gasteiger partial charge in [-0.1, -0.05) is 0 Å². The second-order valence-electron chi connectivity index (χ2n) is 3.13. The van der Waals surface area contributed by atoms with Crippen LogP contribution in [-0.4, -0.2) is 56.2 Å². The summed E-state index contributed by atoms with van der Waals surface area (Å²) in [5.74, 6) is -0.303. The molecule has 0 bridgehead atoms. The standard InChI is InChI=1S/C8H14O6/c1-2-3(9)7-5(11)4(10)6(12)8(13)14-7/h2,4-13H,1H3/t4-,5-,6+,7+,8+/m0/s1. The van der Waals surface area contributed by atoms with Gasteiger partial charge in [0, 0.05) is 0 Å². The minimum atomic E-state index is -1.62. The Labute approximate surface area is 80.7 Å². The van der Waals surface area contributed by atoms with Crippen LogP contribution < -0.4 is 0 Å². The highest BCUT2D eigenvalue weighted by atomic mass is 16.6. The summed E-state index contributed by atoms with van der Waals surface area (Å²) in [6, 6.07) is 0. The second-order valence-corrected chi connectivity index (χ2v) is 3.13. The van der Waals surface area contributed by atoms with Gasteiger partial charge in [0.25, 0.3) is 0 Å². The minimum Gasteiger partial charge on any atom is -0.510 e. The van der Waals surface area contributed by atoms with Gasteiger partial charge in [0.2, 0.25) is 0 Å². The SMILES string of the molecule is CC=C(O)[C@H]1O[C@@H](O)[C@H](O)[C@@H](O)[C@@H]1O. The second kappa shape index (κ2) is 4.24. The van der Waals surface area contributed by atoms with Crippen molar-refractivity contribution in [1.29, 1.82) is 0 Å². The molecule has 5 atom stereocenters. The van der Waals surface area contributed by atoms with Gasteiger partial charge < -0.3 is 30.3 Å². The monoisotopic (exact) mass is 206 g/mol. The third-order valence-electron chi connectivity index (χ3n) is 2.18. The van der Waals surface area contributed by atoms with Crippen molar-refractivity contribution >= 4 is 0 Å². The van der Waals surface area contributed by atoms with E-state index in [4.69, 9.17) is 14.9 Å². The first kappa shape index (κ1) is 11.4. The Balaban J connectivity index is 2.80. The molecule has 0 saturated carbocycles. The molecular weight excluding hydrogens is 192 g/mol. The number of allylic oxidation sites excluding steroid dienone is 1. The summed E-state index contributed by atoms with van der Waals surface area (Å²) in [6.07, 6.45) is -6.17. The first-order valence-corrected chi connectivity index (χ1v) is 4.22. The summed E-state index contributed by atoms with van der Waals surface area (Å²) in [5.41, 5.74) is 0. The molecule has 1 rings (SSSR count). The van der Waals surface area contributed by atoms with Crippen LogP contribution in [0.1, 0.15) is 6.92 Å². The summed E-state index contributed by atoms with van der Waals surface area (Å²) in [6.45, 7) is 1.51. The molecule has 14 heavy (non-hydrogen) atoms. The van der Waals surface area contributed by atoms with Crippen LogP contribution in [0.4, 0.5) is 0 Å². The average Bonchev–Trinajstić information content (AvgIpc) is 2.19. The third kappa shape index (κ3) is 1.89. The van der Waals surface area contributed by atoms with Crippen molar-refractivity contribution in [3.05, 3.63) is 11.8 Å². The molecule has 0 radical (unpaired) electrons. The predicted octanol–water partition coefficient (Wildman–Crippen LogP) is -1.75. The molecule has 0 amide bonds. The number of hydrogen-bond acceptors (Lipinski definition) is 6. The Morgan fingerprint density at radius 1 is 1.07 bits per heavy atom. The van der Waals surface area contributed by atoms with Crippen LogP contribution in [0, 0.1) is 0 Å². The highest BCUT2D eigenvalue weighted by Gasteiger charge is 2.44. The summed E-state index contributed by atoms with van der Waals surface area (Å²) >= 11 is 0. The lowest BCUT2D eigenvalue weighted by Gasteiger charge is -2.37. The summed E-state index contributed by atoms with van der Waals surface area (Å²) in [7, 11) is 0. The average molecular weight is 206 g/mol. The van der Waals surface area contributed by atoms with Crippen LogP contribution in [0.15, 0.2) is 11.8 Å². The molecule has 1 fully saturated rings. The Morgan fingerprint density at radius 2 is 1.64 bits per heavy atom. The van der Waals surface area contributed by atoms with Gasteiger partial charge in [0.05, 0.1) is 0 Å². The number of aliphatic hydroxyl groups is 5. The maximum absolute atomic E-state index is 9.38. The predicted molar refractivity (Wildman–Crippen MR) is 45.3 cm³/mol. The first-order chi connectivity index (χ1) is 6.49. The molecule has 82 valence electrons. The molecule has 0 aromatic heterocycles. The molecular formula is C8H14O6. The van der Waals surface area contributed by atoms with Gasteiger partial charge in [-0.2, -0.15) is 0 Å². The lowest BCUT2D eigenvalue weighted by Crippen LogP contribution is -2.57. The highest BCUT2D eigenvalue weighted by molar-refractivity contribution is 5.05. The van der Waals surface area contributed by atoms with Crippen molar-refractivity contribution in [1.82, 2.24) is 0 Å². The van der Waals surface area contributed by atoms with Crippen LogP contribution in [-0.2, 0) is 4.74 Å². The Bertz CT molecular complexity index is 228. The van der Waals surface area contributed by atoms with Gasteiger partial charge in [0.1, 0.15) is 30.2 Å². The van der Waals surface area contributed by atoms with Gasteiger partial charge in [-0.15, -0.1) is 0 Å². The zero-order chi connectivity index (χ0) is 10.9. The fourth-order valence-electron chi connectivity index (χ4n) is 1.27. The Kier molecular flexibility index (Phi) is 3.46. The first-order valence-electron chi connectivity index (χ1n) is 4.22. The van der Waals surface area contributed by atoms with Crippen LogP contribution in [0.25, 0.3) is 0 Å². The van der Waals surface area contributed by atoms with E-state index in [0.717, 1.165) is 0 Å². The fourth-order valence-corrected chi connectivity index (χ4v) is 1.27. The number of rotatable bonds is 1. The topological polar surface area (TPSA) is 110 Å². The van der Waals surface area contributed by atoms with E-state index >= 15 is 0 Å². The summed E-state index contributed by atoms with van der Waals surface area (Å²) < 4.78 is 4.71. The maximum atomic E-state index is 9.38. The van der Waals surface area contributed by atoms with Crippen molar-refractivity contribution in [3.63, 3.8) is 0 Å². The van der Waals surface area contributed by atoms with E-state index in [9.17, 15) is 15.3 Å². The summed E-state index contributed by atoms with van der Waals surface area (Å²) in [5, 5.41) is 46.1. The lowest BCUT2D eigenvalue weighted by molar-refractivity contribution is -0.278. The third-order valence-corrected chi connectivity index (χ3v) is 2.18. The van der Waals surface area contributed by atoms with Gasteiger partial charge >= 0.3 is 0 Å². The lowest BCUT2D eigenvalue weighted by atomic mass is 9.98. The molecule has 6 heteroatoms. The van der Waals surface area contributed by atoms with E-state index in [1.54, 1.807) is 0 Å². The zero-order valence-electron chi connectivity index (χ0n) is 7.61. The fraction of sp³-hybridized carbons (Fsp3) is 0.750. The smallest absolute Gasteiger partial charge is 0.184 e. The quantitative estimate of drug-likeness (QED) is 0.325.